The largest absolute Gasteiger partial charge is 0.266 e. The van der Waals surface area contributed by atoms with Gasteiger partial charge in [0.05, 0.1) is 11.0 Å². The number of allylic oxidation sites excluding steroid dienone is 1. The Balaban J connectivity index is 2.97. The van der Waals surface area contributed by atoms with Crippen molar-refractivity contribution in [3.8, 4) is 6.07 Å². The minimum absolute atomic E-state index is 0.409. The van der Waals surface area contributed by atoms with Gasteiger partial charge in [-0.15, -0.1) is 6.58 Å². The Kier molecular flexibility index (Phi) is 2.44. The molecule has 0 saturated carbocycles. The lowest BCUT2D eigenvalue weighted by molar-refractivity contribution is 0.699. The molecule has 3 nitrogen and oxygen atoms in total. The lowest BCUT2D eigenvalue weighted by Crippen LogP contribution is -1.94. The summed E-state index contributed by atoms with van der Waals surface area (Å²) < 4.78 is 2.37. The molecule has 0 atom stereocenters. The van der Waals surface area contributed by atoms with Gasteiger partial charge in [-0.3, -0.25) is 4.68 Å². The molecule has 0 aliphatic heterocycles. The fourth-order valence-electron chi connectivity index (χ4n) is 0.699. The van der Waals surface area contributed by atoms with E-state index < -0.39 is 0 Å². The first kappa shape index (κ1) is 8.02. The number of nitriles is 1. The Morgan fingerprint density at radius 3 is 3.09 bits per heavy atom. The third kappa shape index (κ3) is 1.69. The third-order valence-electron chi connectivity index (χ3n) is 1.14. The second-order valence-electron chi connectivity index (χ2n) is 1.95. The Bertz CT molecular complexity index is 308. The van der Waals surface area contributed by atoms with E-state index in [1.54, 1.807) is 17.0 Å². The highest BCUT2D eigenvalue weighted by atomic mass is 79.9. The normalized spacial score (nSPS) is 9.09. The van der Waals surface area contributed by atoms with E-state index in [9.17, 15) is 0 Å². The number of nitrogens with zero attached hydrogens (tertiary/aromatic N) is 3. The predicted molar refractivity (Wildman–Crippen MR) is 44.8 cm³/mol. The zero-order valence-electron chi connectivity index (χ0n) is 5.79. The molecule has 0 fully saturated rings. The van der Waals surface area contributed by atoms with Gasteiger partial charge in [0, 0.05) is 6.20 Å². The summed E-state index contributed by atoms with van der Waals surface area (Å²) in [5, 5.41) is 12.5. The van der Waals surface area contributed by atoms with Gasteiger partial charge in [-0.25, -0.2) is 0 Å². The molecule has 0 saturated heterocycles. The van der Waals surface area contributed by atoms with Crippen LogP contribution in [0.5, 0.6) is 0 Å². The summed E-state index contributed by atoms with van der Waals surface area (Å²) >= 11 is 3.21. The molecule has 11 heavy (non-hydrogen) atoms. The van der Waals surface area contributed by atoms with E-state index in [-0.39, 0.29) is 0 Å². The van der Waals surface area contributed by atoms with Crippen molar-refractivity contribution in [3.05, 3.63) is 29.0 Å². The highest BCUT2D eigenvalue weighted by Crippen LogP contribution is 2.12. The van der Waals surface area contributed by atoms with Crippen molar-refractivity contribution in [1.29, 1.82) is 5.26 Å². The molecular formula is C7H6BrN3. The SMILES string of the molecule is C=CCn1cc(Br)c(C#N)n1. The Labute approximate surface area is 73.1 Å². The molecule has 0 spiro atoms. The molecule has 56 valence electrons. The lowest BCUT2D eigenvalue weighted by Gasteiger charge is -1.90. The third-order valence-corrected chi connectivity index (χ3v) is 1.72. The topological polar surface area (TPSA) is 41.6 Å². The van der Waals surface area contributed by atoms with Crippen LogP contribution < -0.4 is 0 Å². The fraction of sp³-hybridized carbons (Fsp3) is 0.143. The summed E-state index contributed by atoms with van der Waals surface area (Å²) in [6.45, 7) is 4.19. The first-order valence-electron chi connectivity index (χ1n) is 3.02. The van der Waals surface area contributed by atoms with Gasteiger partial charge in [0.15, 0.2) is 5.69 Å². The molecule has 1 heterocycles. The molecule has 0 bridgehead atoms. The quantitative estimate of drug-likeness (QED) is 0.700. The van der Waals surface area contributed by atoms with E-state index in [0.29, 0.717) is 12.2 Å². The minimum Gasteiger partial charge on any atom is -0.266 e. The van der Waals surface area contributed by atoms with Crippen LogP contribution in [0.15, 0.2) is 23.3 Å². The van der Waals surface area contributed by atoms with Crippen LogP contribution in [-0.2, 0) is 6.54 Å². The maximum absolute atomic E-state index is 8.52. The zero-order chi connectivity index (χ0) is 8.27. The Morgan fingerprint density at radius 1 is 1.91 bits per heavy atom. The molecule has 0 unspecified atom stereocenters. The van der Waals surface area contributed by atoms with Gasteiger partial charge in [-0.1, -0.05) is 6.08 Å². The Morgan fingerprint density at radius 2 is 2.64 bits per heavy atom. The second-order valence-corrected chi connectivity index (χ2v) is 2.80. The maximum atomic E-state index is 8.52. The molecule has 1 rings (SSSR count). The van der Waals surface area contributed by atoms with Crippen LogP contribution in [0.25, 0.3) is 0 Å². The molecule has 0 aromatic carbocycles. The molecule has 0 N–H and O–H groups in total. The van der Waals surface area contributed by atoms with E-state index >= 15 is 0 Å². The fourth-order valence-corrected chi connectivity index (χ4v) is 1.10. The number of hydrogen-bond acceptors (Lipinski definition) is 2. The predicted octanol–water partition coefficient (Wildman–Crippen LogP) is 1.70. The van der Waals surface area contributed by atoms with Crippen LogP contribution in [-0.4, -0.2) is 9.78 Å². The van der Waals surface area contributed by atoms with Crippen LogP contribution in [0.4, 0.5) is 0 Å². The molecule has 4 heteroatoms. The molecule has 0 aliphatic carbocycles. The first-order valence-corrected chi connectivity index (χ1v) is 3.81. The van der Waals surface area contributed by atoms with Gasteiger partial charge >= 0.3 is 0 Å². The van der Waals surface area contributed by atoms with Crippen molar-refractivity contribution in [1.82, 2.24) is 9.78 Å². The lowest BCUT2D eigenvalue weighted by atomic mass is 10.5. The van der Waals surface area contributed by atoms with Crippen LogP contribution in [0.2, 0.25) is 0 Å². The summed E-state index contributed by atoms with van der Waals surface area (Å²) in [5.41, 5.74) is 0.409. The average Bonchev–Trinajstić information content (AvgIpc) is 2.32. The maximum Gasteiger partial charge on any atom is 0.176 e. The monoisotopic (exact) mass is 211 g/mol. The molecule has 0 aliphatic rings. The highest BCUT2D eigenvalue weighted by molar-refractivity contribution is 9.10. The first-order chi connectivity index (χ1) is 5.27. The molecule has 0 radical (unpaired) electrons. The van der Waals surface area contributed by atoms with Crippen molar-refractivity contribution in [2.24, 2.45) is 0 Å². The average molecular weight is 212 g/mol. The minimum atomic E-state index is 0.409. The summed E-state index contributed by atoms with van der Waals surface area (Å²) in [7, 11) is 0. The summed E-state index contributed by atoms with van der Waals surface area (Å²) in [6, 6.07) is 1.96. The Hall–Kier alpha value is -1.08. The van der Waals surface area contributed by atoms with Crippen LogP contribution >= 0.6 is 15.9 Å². The van der Waals surface area contributed by atoms with Gasteiger partial charge in [-0.05, 0) is 15.9 Å². The van der Waals surface area contributed by atoms with Gasteiger partial charge in [-0.2, -0.15) is 10.4 Å². The van der Waals surface area contributed by atoms with Crippen molar-refractivity contribution < 1.29 is 0 Å². The van der Waals surface area contributed by atoms with Gasteiger partial charge < -0.3 is 0 Å². The number of rotatable bonds is 2. The van der Waals surface area contributed by atoms with Gasteiger partial charge in [0.2, 0.25) is 0 Å². The van der Waals surface area contributed by atoms with Gasteiger partial charge in [0.1, 0.15) is 6.07 Å². The molecular weight excluding hydrogens is 206 g/mol. The van der Waals surface area contributed by atoms with Crippen molar-refractivity contribution in [2.75, 3.05) is 0 Å². The summed E-state index contributed by atoms with van der Waals surface area (Å²) in [5.74, 6) is 0. The highest BCUT2D eigenvalue weighted by Gasteiger charge is 2.02. The van der Waals surface area contributed by atoms with Gasteiger partial charge in [0.25, 0.3) is 0 Å². The van der Waals surface area contributed by atoms with E-state index in [1.165, 1.54) is 0 Å². The molecule has 0 amide bonds. The van der Waals surface area contributed by atoms with E-state index in [0.717, 1.165) is 4.47 Å². The number of aromatic nitrogens is 2. The second kappa shape index (κ2) is 3.35. The van der Waals surface area contributed by atoms with Crippen LogP contribution in [0, 0.1) is 11.3 Å². The smallest absolute Gasteiger partial charge is 0.176 e. The van der Waals surface area contributed by atoms with E-state index in [4.69, 9.17) is 5.26 Å². The van der Waals surface area contributed by atoms with Crippen molar-refractivity contribution in [3.63, 3.8) is 0 Å². The van der Waals surface area contributed by atoms with Crippen molar-refractivity contribution in [2.45, 2.75) is 6.54 Å². The van der Waals surface area contributed by atoms with E-state index in [1.807, 2.05) is 6.07 Å². The molecule has 1 aromatic heterocycles. The zero-order valence-corrected chi connectivity index (χ0v) is 7.37. The number of hydrogen-bond donors (Lipinski definition) is 0. The van der Waals surface area contributed by atoms with Crippen LogP contribution in [0.3, 0.4) is 0 Å². The molecule has 1 aromatic rings. The van der Waals surface area contributed by atoms with Crippen molar-refractivity contribution >= 4 is 15.9 Å². The standard InChI is InChI=1S/C7H6BrN3/c1-2-3-11-5-6(8)7(4-9)10-11/h2,5H,1,3H2. The number of halogens is 1. The van der Waals surface area contributed by atoms with E-state index in [2.05, 4.69) is 27.6 Å². The summed E-state index contributed by atoms with van der Waals surface area (Å²) in [6.07, 6.45) is 3.47. The van der Waals surface area contributed by atoms with Crippen LogP contribution in [0.1, 0.15) is 5.69 Å². The summed E-state index contributed by atoms with van der Waals surface area (Å²) in [4.78, 5) is 0.